The Bertz CT molecular complexity index is 979. The van der Waals surface area contributed by atoms with Gasteiger partial charge in [0.2, 0.25) is 0 Å². The van der Waals surface area contributed by atoms with Crippen LogP contribution in [0.3, 0.4) is 0 Å². The lowest BCUT2D eigenvalue weighted by atomic mass is 10.0. The van der Waals surface area contributed by atoms with Gasteiger partial charge in [-0.2, -0.15) is 0 Å². The van der Waals surface area contributed by atoms with Crippen LogP contribution in [0.4, 0.5) is 5.82 Å². The Morgan fingerprint density at radius 1 is 1.33 bits per heavy atom. The van der Waals surface area contributed by atoms with Crippen molar-refractivity contribution in [2.24, 2.45) is 0 Å². The lowest BCUT2D eigenvalue weighted by Gasteiger charge is -2.33. The van der Waals surface area contributed by atoms with E-state index in [0.717, 1.165) is 36.3 Å². The first-order valence-corrected chi connectivity index (χ1v) is 9.37. The van der Waals surface area contributed by atoms with Gasteiger partial charge >= 0.3 is 0 Å². The van der Waals surface area contributed by atoms with Crippen LogP contribution in [0, 0.1) is 6.92 Å². The SMILES string of the molecule is Cc1cc(C(=O)N[C@H]2CCCN(c3cnccn3)C2)c2cccc(Cl)c2n1. The maximum absolute atomic E-state index is 13.0. The van der Waals surface area contributed by atoms with Crippen molar-refractivity contribution in [2.45, 2.75) is 25.8 Å². The number of nitrogens with one attached hydrogen (secondary N) is 1. The molecule has 4 rings (SSSR count). The molecule has 138 valence electrons. The van der Waals surface area contributed by atoms with E-state index in [1.54, 1.807) is 24.7 Å². The summed E-state index contributed by atoms with van der Waals surface area (Å²) in [6.45, 7) is 3.50. The van der Waals surface area contributed by atoms with Crippen LogP contribution in [0.15, 0.2) is 42.9 Å². The first-order valence-electron chi connectivity index (χ1n) is 8.99. The zero-order valence-electron chi connectivity index (χ0n) is 15.0. The van der Waals surface area contributed by atoms with E-state index < -0.39 is 0 Å². The summed E-state index contributed by atoms with van der Waals surface area (Å²) >= 11 is 6.27. The van der Waals surface area contributed by atoms with Crippen molar-refractivity contribution < 1.29 is 4.79 Å². The van der Waals surface area contributed by atoms with Gasteiger partial charge in [0.1, 0.15) is 5.82 Å². The number of nitrogens with zero attached hydrogens (tertiary/aromatic N) is 4. The highest BCUT2D eigenvalue weighted by molar-refractivity contribution is 6.35. The molecule has 1 N–H and O–H groups in total. The molecule has 2 aromatic heterocycles. The first-order chi connectivity index (χ1) is 13.1. The van der Waals surface area contributed by atoms with E-state index in [9.17, 15) is 4.79 Å². The number of pyridine rings is 1. The summed E-state index contributed by atoms with van der Waals surface area (Å²) in [7, 11) is 0. The van der Waals surface area contributed by atoms with Gasteiger partial charge in [-0.25, -0.2) is 4.98 Å². The molecule has 0 saturated carbocycles. The van der Waals surface area contributed by atoms with Crippen LogP contribution >= 0.6 is 11.6 Å². The molecule has 0 radical (unpaired) electrons. The molecule has 1 fully saturated rings. The molecule has 0 unspecified atom stereocenters. The predicted molar refractivity (Wildman–Crippen MR) is 106 cm³/mol. The van der Waals surface area contributed by atoms with Crippen molar-refractivity contribution in [3.63, 3.8) is 0 Å². The van der Waals surface area contributed by atoms with Crippen molar-refractivity contribution >= 4 is 34.2 Å². The Morgan fingerprint density at radius 3 is 3.04 bits per heavy atom. The number of aromatic nitrogens is 3. The van der Waals surface area contributed by atoms with Crippen LogP contribution < -0.4 is 10.2 Å². The fourth-order valence-electron chi connectivity index (χ4n) is 3.55. The number of anilines is 1. The minimum Gasteiger partial charge on any atom is -0.353 e. The van der Waals surface area contributed by atoms with Crippen LogP contribution in [-0.4, -0.2) is 40.0 Å². The fraction of sp³-hybridized carbons (Fsp3) is 0.300. The van der Waals surface area contributed by atoms with Crippen LogP contribution in [0.2, 0.25) is 5.02 Å². The molecule has 1 amide bonds. The number of hydrogen-bond donors (Lipinski definition) is 1. The zero-order valence-corrected chi connectivity index (χ0v) is 15.8. The molecule has 3 aromatic rings. The molecule has 7 heteroatoms. The Labute approximate surface area is 162 Å². The van der Waals surface area contributed by atoms with Crippen molar-refractivity contribution in [3.05, 3.63) is 59.1 Å². The molecule has 27 heavy (non-hydrogen) atoms. The van der Waals surface area contributed by atoms with E-state index >= 15 is 0 Å². The minimum absolute atomic E-state index is 0.0518. The molecule has 3 heterocycles. The lowest BCUT2D eigenvalue weighted by molar-refractivity contribution is 0.0934. The second kappa shape index (κ2) is 7.48. The summed E-state index contributed by atoms with van der Waals surface area (Å²) < 4.78 is 0. The molecule has 0 bridgehead atoms. The quantitative estimate of drug-likeness (QED) is 0.753. The monoisotopic (exact) mass is 381 g/mol. The highest BCUT2D eigenvalue weighted by Gasteiger charge is 2.24. The molecule has 1 aliphatic rings. The Hall–Kier alpha value is -2.73. The third kappa shape index (κ3) is 3.71. The number of rotatable bonds is 3. The second-order valence-electron chi connectivity index (χ2n) is 6.77. The summed E-state index contributed by atoms with van der Waals surface area (Å²) in [4.78, 5) is 28.1. The van der Waals surface area contributed by atoms with Gasteiger partial charge in [0.15, 0.2) is 0 Å². The number of halogens is 1. The smallest absolute Gasteiger partial charge is 0.252 e. The number of fused-ring (bicyclic) bond motifs is 1. The summed E-state index contributed by atoms with van der Waals surface area (Å²) in [5.41, 5.74) is 2.04. The Morgan fingerprint density at radius 2 is 2.22 bits per heavy atom. The average Bonchev–Trinajstić information content (AvgIpc) is 2.69. The van der Waals surface area contributed by atoms with E-state index in [2.05, 4.69) is 25.2 Å². The number of amides is 1. The highest BCUT2D eigenvalue weighted by atomic mass is 35.5. The molecule has 1 atom stereocenters. The summed E-state index contributed by atoms with van der Waals surface area (Å²) in [6, 6.07) is 7.38. The number of hydrogen-bond acceptors (Lipinski definition) is 5. The highest BCUT2D eigenvalue weighted by Crippen LogP contribution is 2.25. The third-order valence-electron chi connectivity index (χ3n) is 4.79. The van der Waals surface area contributed by atoms with Gasteiger partial charge in [-0.1, -0.05) is 23.7 Å². The number of benzene rings is 1. The van der Waals surface area contributed by atoms with E-state index in [1.807, 2.05) is 25.1 Å². The predicted octanol–water partition coefficient (Wildman–Crippen LogP) is 3.39. The molecular formula is C20H20ClN5O. The number of para-hydroxylation sites is 1. The summed E-state index contributed by atoms with van der Waals surface area (Å²) in [5.74, 6) is 0.743. The van der Waals surface area contributed by atoms with Crippen LogP contribution in [0.25, 0.3) is 10.9 Å². The van der Waals surface area contributed by atoms with Gasteiger partial charge in [-0.05, 0) is 31.9 Å². The average molecular weight is 382 g/mol. The maximum atomic E-state index is 13.0. The van der Waals surface area contributed by atoms with Gasteiger partial charge in [-0.15, -0.1) is 0 Å². The summed E-state index contributed by atoms with van der Waals surface area (Å²) in [5, 5.41) is 4.50. The number of aryl methyl sites for hydroxylation is 1. The van der Waals surface area contributed by atoms with E-state index in [4.69, 9.17) is 11.6 Å². The zero-order chi connectivity index (χ0) is 18.8. The first kappa shape index (κ1) is 17.7. The van der Waals surface area contributed by atoms with E-state index in [-0.39, 0.29) is 11.9 Å². The molecule has 6 nitrogen and oxygen atoms in total. The molecule has 1 saturated heterocycles. The maximum Gasteiger partial charge on any atom is 0.252 e. The van der Waals surface area contributed by atoms with Crippen molar-refractivity contribution in [3.8, 4) is 0 Å². The third-order valence-corrected chi connectivity index (χ3v) is 5.10. The van der Waals surface area contributed by atoms with Crippen LogP contribution in [0.1, 0.15) is 28.9 Å². The van der Waals surface area contributed by atoms with Gasteiger partial charge < -0.3 is 10.2 Å². The number of piperidine rings is 1. The lowest BCUT2D eigenvalue weighted by Crippen LogP contribution is -2.48. The standard InChI is InChI=1S/C20H20ClN5O/c1-13-10-16(15-5-2-6-17(21)19(15)24-13)20(27)25-14-4-3-9-26(12-14)18-11-22-7-8-23-18/h2,5-8,10-11,14H,3-4,9,12H2,1H3,(H,25,27)/t14-/m0/s1. The van der Waals surface area contributed by atoms with Crippen molar-refractivity contribution in [1.82, 2.24) is 20.3 Å². The van der Waals surface area contributed by atoms with Crippen LogP contribution in [-0.2, 0) is 0 Å². The van der Waals surface area contributed by atoms with Crippen molar-refractivity contribution in [1.29, 1.82) is 0 Å². The molecule has 1 aromatic carbocycles. The van der Waals surface area contributed by atoms with E-state index in [1.165, 1.54) is 0 Å². The number of carbonyl (C=O) groups excluding carboxylic acids is 1. The van der Waals surface area contributed by atoms with Crippen molar-refractivity contribution in [2.75, 3.05) is 18.0 Å². The molecule has 0 aliphatic carbocycles. The largest absolute Gasteiger partial charge is 0.353 e. The molecule has 1 aliphatic heterocycles. The van der Waals surface area contributed by atoms with Crippen LogP contribution in [0.5, 0.6) is 0 Å². The van der Waals surface area contributed by atoms with Gasteiger partial charge in [-0.3, -0.25) is 14.8 Å². The second-order valence-corrected chi connectivity index (χ2v) is 7.18. The van der Waals surface area contributed by atoms with Gasteiger partial charge in [0, 0.05) is 42.6 Å². The fourth-order valence-corrected chi connectivity index (χ4v) is 3.77. The topological polar surface area (TPSA) is 71.0 Å². The Kier molecular flexibility index (Phi) is 4.90. The molecular weight excluding hydrogens is 362 g/mol. The minimum atomic E-state index is -0.0984. The molecule has 0 spiro atoms. The van der Waals surface area contributed by atoms with E-state index in [0.29, 0.717) is 22.6 Å². The van der Waals surface area contributed by atoms with Gasteiger partial charge in [0.25, 0.3) is 5.91 Å². The summed E-state index contributed by atoms with van der Waals surface area (Å²) in [6.07, 6.45) is 7.03. The normalized spacial score (nSPS) is 17.1. The Balaban J connectivity index is 1.56. The van der Waals surface area contributed by atoms with Gasteiger partial charge in [0.05, 0.1) is 22.3 Å². The number of carbonyl (C=O) groups is 1.